The zero-order valence-electron chi connectivity index (χ0n) is 9.24. The molecule has 0 amide bonds. The monoisotopic (exact) mass is 238 g/mol. The molecule has 1 saturated heterocycles. The summed E-state index contributed by atoms with van der Waals surface area (Å²) in [6.07, 6.45) is 0.914. The van der Waals surface area contributed by atoms with Crippen LogP contribution in [0.5, 0.6) is 0 Å². The topological polar surface area (TPSA) is 46.3 Å². The number of carbonyl (C=O) groups is 1. The highest BCUT2D eigenvalue weighted by Crippen LogP contribution is 2.25. The summed E-state index contributed by atoms with van der Waals surface area (Å²) in [6.45, 7) is 1.80. The van der Waals surface area contributed by atoms with E-state index >= 15 is 0 Å². The number of halogens is 1. The van der Waals surface area contributed by atoms with Gasteiger partial charge in [0, 0.05) is 28.7 Å². The second-order valence-electron chi connectivity index (χ2n) is 4.34. The van der Waals surface area contributed by atoms with E-state index in [0.717, 1.165) is 19.5 Å². The lowest BCUT2D eigenvalue weighted by Gasteiger charge is -2.11. The van der Waals surface area contributed by atoms with E-state index in [2.05, 4.69) is 4.90 Å². The molecule has 1 unspecified atom stereocenters. The molecule has 0 aliphatic carbocycles. The molecule has 0 bridgehead atoms. The van der Waals surface area contributed by atoms with Gasteiger partial charge >= 0.3 is 0 Å². The number of nitrogens with two attached hydrogens (primary N) is 1. The summed E-state index contributed by atoms with van der Waals surface area (Å²) >= 11 is 5.80. The van der Waals surface area contributed by atoms with Gasteiger partial charge in [-0.1, -0.05) is 11.6 Å². The van der Waals surface area contributed by atoms with Crippen LogP contribution in [0, 0.1) is 5.92 Å². The van der Waals surface area contributed by atoms with Crippen LogP contribution in [0.15, 0.2) is 18.2 Å². The normalized spacial score (nSPS) is 21.2. The molecule has 2 rings (SSSR count). The smallest absolute Gasteiger partial charge is 0.169 e. The first-order chi connectivity index (χ1) is 7.58. The molecule has 1 atom stereocenters. The lowest BCUT2D eigenvalue weighted by atomic mass is 9.96. The van der Waals surface area contributed by atoms with Crippen molar-refractivity contribution < 1.29 is 4.79 Å². The van der Waals surface area contributed by atoms with Crippen LogP contribution < -0.4 is 5.73 Å². The average Bonchev–Trinajstić information content (AvgIpc) is 2.64. The second-order valence-corrected chi connectivity index (χ2v) is 4.78. The molecule has 1 fully saturated rings. The Labute approximate surface area is 100 Å². The molecule has 1 heterocycles. The van der Waals surface area contributed by atoms with Gasteiger partial charge in [0.05, 0.1) is 0 Å². The molecule has 1 aliphatic heterocycles. The molecule has 0 saturated carbocycles. The first-order valence-corrected chi connectivity index (χ1v) is 5.73. The Morgan fingerprint density at radius 1 is 1.56 bits per heavy atom. The van der Waals surface area contributed by atoms with E-state index in [9.17, 15) is 4.79 Å². The van der Waals surface area contributed by atoms with E-state index in [1.54, 1.807) is 18.2 Å². The summed E-state index contributed by atoms with van der Waals surface area (Å²) < 4.78 is 0. The van der Waals surface area contributed by atoms with Crippen LogP contribution >= 0.6 is 11.6 Å². The molecule has 1 aromatic carbocycles. The third-order valence-electron chi connectivity index (χ3n) is 3.04. The quantitative estimate of drug-likeness (QED) is 0.634. The molecule has 0 spiro atoms. The van der Waals surface area contributed by atoms with Gasteiger partial charge in [-0.3, -0.25) is 4.79 Å². The highest BCUT2D eigenvalue weighted by atomic mass is 35.5. The standard InChI is InChI=1S/C12H15ClN2O/c1-15-5-4-8(7-15)12(16)10-3-2-9(13)6-11(10)14/h2-3,6,8H,4-5,7,14H2,1H3. The van der Waals surface area contributed by atoms with Crippen LogP contribution in [0.2, 0.25) is 5.02 Å². The minimum Gasteiger partial charge on any atom is -0.398 e. The van der Waals surface area contributed by atoms with Crippen molar-refractivity contribution in [1.29, 1.82) is 0 Å². The maximum absolute atomic E-state index is 12.2. The van der Waals surface area contributed by atoms with Crippen LogP contribution in [0.1, 0.15) is 16.8 Å². The minimum atomic E-state index is 0.0773. The van der Waals surface area contributed by atoms with E-state index in [4.69, 9.17) is 17.3 Å². The first-order valence-electron chi connectivity index (χ1n) is 5.35. The number of carbonyl (C=O) groups excluding carboxylic acids is 1. The van der Waals surface area contributed by atoms with Crippen molar-refractivity contribution in [2.24, 2.45) is 5.92 Å². The maximum Gasteiger partial charge on any atom is 0.169 e. The van der Waals surface area contributed by atoms with Gasteiger partial charge in [0.1, 0.15) is 0 Å². The molecule has 0 radical (unpaired) electrons. The molecule has 2 N–H and O–H groups in total. The minimum absolute atomic E-state index is 0.0773. The SMILES string of the molecule is CN1CCC(C(=O)c2ccc(Cl)cc2N)C1. The molecule has 1 aliphatic rings. The Hall–Kier alpha value is -1.06. The van der Waals surface area contributed by atoms with E-state index in [-0.39, 0.29) is 11.7 Å². The van der Waals surface area contributed by atoms with E-state index in [1.165, 1.54) is 0 Å². The molecular formula is C12H15ClN2O. The fourth-order valence-corrected chi connectivity index (χ4v) is 2.31. The maximum atomic E-state index is 12.2. The summed E-state index contributed by atoms with van der Waals surface area (Å²) in [4.78, 5) is 14.3. The number of benzene rings is 1. The third kappa shape index (κ3) is 2.20. The summed E-state index contributed by atoms with van der Waals surface area (Å²) in [5, 5.41) is 0.567. The van der Waals surface area contributed by atoms with Crippen LogP contribution in [0.3, 0.4) is 0 Å². The Morgan fingerprint density at radius 2 is 2.31 bits per heavy atom. The summed E-state index contributed by atoms with van der Waals surface area (Å²) in [7, 11) is 2.03. The van der Waals surface area contributed by atoms with Crippen LogP contribution in [-0.4, -0.2) is 30.8 Å². The number of Topliss-reactive ketones (excluding diaryl/α,β-unsaturated/α-hetero) is 1. The van der Waals surface area contributed by atoms with Gasteiger partial charge in [-0.25, -0.2) is 0 Å². The van der Waals surface area contributed by atoms with Crippen molar-refractivity contribution in [3.63, 3.8) is 0 Å². The number of rotatable bonds is 2. The highest BCUT2D eigenvalue weighted by Gasteiger charge is 2.27. The number of ketones is 1. The third-order valence-corrected chi connectivity index (χ3v) is 3.28. The predicted molar refractivity (Wildman–Crippen MR) is 65.8 cm³/mol. The van der Waals surface area contributed by atoms with Gasteiger partial charge in [0.2, 0.25) is 0 Å². The van der Waals surface area contributed by atoms with E-state index in [0.29, 0.717) is 16.3 Å². The molecule has 86 valence electrons. The second kappa shape index (κ2) is 4.44. The molecular weight excluding hydrogens is 224 g/mol. The van der Waals surface area contributed by atoms with Gasteiger partial charge in [0.15, 0.2) is 5.78 Å². The predicted octanol–water partition coefficient (Wildman–Crippen LogP) is 2.06. The summed E-state index contributed by atoms with van der Waals surface area (Å²) in [5.74, 6) is 0.215. The van der Waals surface area contributed by atoms with Crippen LogP contribution in [-0.2, 0) is 0 Å². The molecule has 0 aromatic heterocycles. The molecule has 4 heteroatoms. The van der Waals surface area contributed by atoms with Gasteiger partial charge in [0.25, 0.3) is 0 Å². The van der Waals surface area contributed by atoms with Crippen LogP contribution in [0.25, 0.3) is 0 Å². The highest BCUT2D eigenvalue weighted by molar-refractivity contribution is 6.31. The zero-order valence-corrected chi connectivity index (χ0v) is 10.00. The van der Waals surface area contributed by atoms with Crippen molar-refractivity contribution in [3.8, 4) is 0 Å². The largest absolute Gasteiger partial charge is 0.398 e. The van der Waals surface area contributed by atoms with E-state index < -0.39 is 0 Å². The fraction of sp³-hybridized carbons (Fsp3) is 0.417. The fourth-order valence-electron chi connectivity index (χ4n) is 2.13. The number of anilines is 1. The summed E-state index contributed by atoms with van der Waals surface area (Å²) in [5.41, 5.74) is 6.89. The Balaban J connectivity index is 2.21. The Bertz CT molecular complexity index is 419. The number of nitrogen functional groups attached to an aromatic ring is 1. The number of nitrogens with zero attached hydrogens (tertiary/aromatic N) is 1. The first kappa shape index (κ1) is 11.4. The molecule has 3 nitrogen and oxygen atoms in total. The Morgan fingerprint density at radius 3 is 2.88 bits per heavy atom. The van der Waals surface area contributed by atoms with Crippen molar-refractivity contribution in [3.05, 3.63) is 28.8 Å². The summed E-state index contributed by atoms with van der Waals surface area (Å²) in [6, 6.07) is 5.07. The van der Waals surface area contributed by atoms with Gasteiger partial charge in [-0.15, -0.1) is 0 Å². The van der Waals surface area contributed by atoms with Crippen molar-refractivity contribution in [1.82, 2.24) is 4.90 Å². The van der Waals surface area contributed by atoms with Crippen molar-refractivity contribution >= 4 is 23.1 Å². The number of likely N-dealkylation sites (tertiary alicyclic amines) is 1. The lowest BCUT2D eigenvalue weighted by Crippen LogP contribution is -2.20. The zero-order chi connectivity index (χ0) is 11.7. The number of hydrogen-bond donors (Lipinski definition) is 1. The Kier molecular flexibility index (Phi) is 3.17. The number of hydrogen-bond acceptors (Lipinski definition) is 3. The van der Waals surface area contributed by atoms with Gasteiger partial charge < -0.3 is 10.6 Å². The van der Waals surface area contributed by atoms with Gasteiger partial charge in [-0.2, -0.15) is 0 Å². The average molecular weight is 239 g/mol. The van der Waals surface area contributed by atoms with Crippen molar-refractivity contribution in [2.45, 2.75) is 6.42 Å². The van der Waals surface area contributed by atoms with Gasteiger partial charge in [-0.05, 0) is 38.2 Å². The van der Waals surface area contributed by atoms with Crippen LogP contribution in [0.4, 0.5) is 5.69 Å². The molecule has 1 aromatic rings. The molecule has 16 heavy (non-hydrogen) atoms. The lowest BCUT2D eigenvalue weighted by molar-refractivity contribution is 0.0925. The van der Waals surface area contributed by atoms with Crippen molar-refractivity contribution in [2.75, 3.05) is 25.9 Å². The van der Waals surface area contributed by atoms with E-state index in [1.807, 2.05) is 7.05 Å².